The number of aromatic nitrogens is 2. The average Bonchev–Trinajstić information content (AvgIpc) is 2.70. The maximum Gasteiger partial charge on any atom is 0.312 e. The van der Waals surface area contributed by atoms with Gasteiger partial charge in [-0.3, -0.25) is 14.4 Å². The van der Waals surface area contributed by atoms with Gasteiger partial charge in [0.2, 0.25) is 0 Å². The van der Waals surface area contributed by atoms with Crippen molar-refractivity contribution < 1.29 is 14.3 Å². The molecule has 1 amide bonds. The summed E-state index contributed by atoms with van der Waals surface area (Å²) in [5.41, 5.74) is 0.131. The Morgan fingerprint density at radius 1 is 1.19 bits per heavy atom. The third kappa shape index (κ3) is 4.53. The number of aromatic amines is 1. The Kier molecular flexibility index (Phi) is 6.21. The number of hydrogen-bond acceptors (Lipinski definition) is 5. The SMILES string of the molecule is CCN(C(=O)COC(=O)Cc1n[nH]c(=O)c2ccccc12)C1CCCCC1. The number of carbonyl (C=O) groups excluding carboxylic acids is 2. The van der Waals surface area contributed by atoms with Gasteiger partial charge in [-0.15, -0.1) is 0 Å². The number of likely N-dealkylation sites (N-methyl/N-ethyl adjacent to an activating group) is 1. The lowest BCUT2D eigenvalue weighted by Gasteiger charge is -2.33. The van der Waals surface area contributed by atoms with E-state index in [1.54, 1.807) is 24.3 Å². The van der Waals surface area contributed by atoms with E-state index in [0.717, 1.165) is 25.7 Å². The zero-order chi connectivity index (χ0) is 19.2. The van der Waals surface area contributed by atoms with Gasteiger partial charge < -0.3 is 9.64 Å². The molecule has 1 N–H and O–H groups in total. The molecule has 1 fully saturated rings. The van der Waals surface area contributed by atoms with E-state index in [2.05, 4.69) is 10.2 Å². The van der Waals surface area contributed by atoms with E-state index in [9.17, 15) is 14.4 Å². The molecule has 7 nitrogen and oxygen atoms in total. The normalized spacial score (nSPS) is 14.9. The monoisotopic (exact) mass is 371 g/mol. The Labute approximate surface area is 157 Å². The Morgan fingerprint density at radius 2 is 1.89 bits per heavy atom. The zero-order valence-corrected chi connectivity index (χ0v) is 15.6. The van der Waals surface area contributed by atoms with Gasteiger partial charge in [-0.1, -0.05) is 37.5 Å². The summed E-state index contributed by atoms with van der Waals surface area (Å²) in [6.45, 7) is 2.31. The minimum absolute atomic E-state index is 0.0971. The summed E-state index contributed by atoms with van der Waals surface area (Å²) in [7, 11) is 0. The van der Waals surface area contributed by atoms with Crippen LogP contribution in [-0.2, 0) is 20.7 Å². The molecule has 3 rings (SSSR count). The van der Waals surface area contributed by atoms with E-state index in [-0.39, 0.29) is 30.5 Å². The molecular formula is C20H25N3O4. The highest BCUT2D eigenvalue weighted by molar-refractivity contribution is 5.87. The summed E-state index contributed by atoms with van der Waals surface area (Å²) < 4.78 is 5.20. The van der Waals surface area contributed by atoms with Gasteiger partial charge in [0.25, 0.3) is 11.5 Å². The number of nitrogens with zero attached hydrogens (tertiary/aromatic N) is 2. The van der Waals surface area contributed by atoms with Crippen molar-refractivity contribution in [1.82, 2.24) is 15.1 Å². The van der Waals surface area contributed by atoms with Crippen LogP contribution < -0.4 is 5.56 Å². The quantitative estimate of drug-likeness (QED) is 0.786. The van der Waals surface area contributed by atoms with Crippen molar-refractivity contribution in [3.8, 4) is 0 Å². The van der Waals surface area contributed by atoms with Crippen LogP contribution in [0.2, 0.25) is 0 Å². The lowest BCUT2D eigenvalue weighted by atomic mass is 9.94. The van der Waals surface area contributed by atoms with Gasteiger partial charge in [0, 0.05) is 18.0 Å². The van der Waals surface area contributed by atoms with Crippen LogP contribution in [0.5, 0.6) is 0 Å². The molecule has 7 heteroatoms. The van der Waals surface area contributed by atoms with Crippen LogP contribution in [0.1, 0.15) is 44.7 Å². The summed E-state index contributed by atoms with van der Waals surface area (Å²) >= 11 is 0. The van der Waals surface area contributed by atoms with Gasteiger partial charge in [-0.25, -0.2) is 5.10 Å². The van der Waals surface area contributed by atoms with Crippen molar-refractivity contribution in [3.63, 3.8) is 0 Å². The van der Waals surface area contributed by atoms with Crippen molar-refractivity contribution in [1.29, 1.82) is 0 Å². The average molecular weight is 371 g/mol. The van der Waals surface area contributed by atoms with Gasteiger partial charge in [-0.05, 0) is 25.8 Å². The molecule has 0 atom stereocenters. The summed E-state index contributed by atoms with van der Waals surface area (Å²) in [5.74, 6) is -0.690. The number of carbonyl (C=O) groups is 2. The first-order valence-corrected chi connectivity index (χ1v) is 9.51. The predicted molar refractivity (Wildman–Crippen MR) is 101 cm³/mol. The maximum absolute atomic E-state index is 12.5. The summed E-state index contributed by atoms with van der Waals surface area (Å²) in [4.78, 5) is 38.3. The second-order valence-electron chi connectivity index (χ2n) is 6.85. The molecule has 0 unspecified atom stereocenters. The number of rotatable bonds is 6. The molecule has 1 aliphatic rings. The highest BCUT2D eigenvalue weighted by Crippen LogP contribution is 2.22. The predicted octanol–water partition coefficient (Wildman–Crippen LogP) is 2.19. The Bertz CT molecular complexity index is 871. The molecule has 0 saturated heterocycles. The van der Waals surface area contributed by atoms with Crippen molar-refractivity contribution >= 4 is 22.6 Å². The molecule has 0 radical (unpaired) electrons. The molecular weight excluding hydrogens is 346 g/mol. The van der Waals surface area contributed by atoms with Crippen molar-refractivity contribution in [2.24, 2.45) is 0 Å². The number of nitrogens with one attached hydrogen (secondary N) is 1. The van der Waals surface area contributed by atoms with E-state index in [4.69, 9.17) is 4.74 Å². The van der Waals surface area contributed by atoms with Crippen LogP contribution in [-0.4, -0.2) is 46.2 Å². The van der Waals surface area contributed by atoms with Crippen LogP contribution >= 0.6 is 0 Å². The second kappa shape index (κ2) is 8.79. The number of amides is 1. The largest absolute Gasteiger partial charge is 0.455 e. The summed E-state index contributed by atoms with van der Waals surface area (Å²) in [6.07, 6.45) is 5.43. The molecule has 1 aliphatic carbocycles. The van der Waals surface area contributed by atoms with Crippen LogP contribution in [0, 0.1) is 0 Å². The Hall–Kier alpha value is -2.70. The number of hydrogen-bond donors (Lipinski definition) is 1. The molecule has 2 aromatic rings. The fourth-order valence-electron chi connectivity index (χ4n) is 3.75. The highest BCUT2D eigenvalue weighted by Gasteiger charge is 2.25. The van der Waals surface area contributed by atoms with E-state index in [1.807, 2.05) is 11.8 Å². The molecule has 1 aromatic carbocycles. The first-order valence-electron chi connectivity index (χ1n) is 9.51. The van der Waals surface area contributed by atoms with Crippen LogP contribution in [0.25, 0.3) is 10.8 Å². The molecule has 1 heterocycles. The first-order chi connectivity index (χ1) is 13.1. The molecule has 1 aromatic heterocycles. The molecule has 27 heavy (non-hydrogen) atoms. The number of H-pyrrole nitrogens is 1. The van der Waals surface area contributed by atoms with E-state index < -0.39 is 5.97 Å². The summed E-state index contributed by atoms with van der Waals surface area (Å²) in [5, 5.41) is 7.45. The van der Waals surface area contributed by atoms with Crippen LogP contribution in [0.15, 0.2) is 29.1 Å². The fraction of sp³-hybridized carbons (Fsp3) is 0.500. The van der Waals surface area contributed by atoms with Gasteiger partial charge in [0.05, 0.1) is 17.5 Å². The second-order valence-corrected chi connectivity index (χ2v) is 6.85. The van der Waals surface area contributed by atoms with Crippen LogP contribution in [0.4, 0.5) is 0 Å². The molecule has 0 spiro atoms. The van der Waals surface area contributed by atoms with Gasteiger partial charge in [0.1, 0.15) is 0 Å². The Morgan fingerprint density at radius 3 is 2.59 bits per heavy atom. The fourth-order valence-corrected chi connectivity index (χ4v) is 3.75. The van der Waals surface area contributed by atoms with Gasteiger partial charge >= 0.3 is 5.97 Å². The maximum atomic E-state index is 12.5. The van der Waals surface area contributed by atoms with E-state index in [0.29, 0.717) is 23.0 Å². The Balaban J connectivity index is 1.60. The lowest BCUT2D eigenvalue weighted by molar-refractivity contribution is -0.152. The minimum Gasteiger partial charge on any atom is -0.455 e. The van der Waals surface area contributed by atoms with Crippen LogP contribution in [0.3, 0.4) is 0 Å². The third-order valence-electron chi connectivity index (χ3n) is 5.12. The van der Waals surface area contributed by atoms with Gasteiger partial charge in [0.15, 0.2) is 6.61 Å². The molecule has 0 aliphatic heterocycles. The molecule has 144 valence electrons. The van der Waals surface area contributed by atoms with E-state index >= 15 is 0 Å². The number of fused-ring (bicyclic) bond motifs is 1. The number of ether oxygens (including phenoxy) is 1. The van der Waals surface area contributed by atoms with Crippen molar-refractivity contribution in [3.05, 3.63) is 40.3 Å². The topological polar surface area (TPSA) is 92.4 Å². The third-order valence-corrected chi connectivity index (χ3v) is 5.12. The summed E-state index contributed by atoms with van der Waals surface area (Å²) in [6, 6.07) is 7.21. The molecule has 1 saturated carbocycles. The van der Waals surface area contributed by atoms with E-state index in [1.165, 1.54) is 6.42 Å². The zero-order valence-electron chi connectivity index (χ0n) is 15.6. The van der Waals surface area contributed by atoms with Gasteiger partial charge in [-0.2, -0.15) is 5.10 Å². The number of benzene rings is 1. The standard InChI is InChI=1S/C20H25N3O4/c1-2-23(14-8-4-3-5-9-14)18(24)13-27-19(25)12-17-15-10-6-7-11-16(15)20(26)22-21-17/h6-7,10-11,14H,2-5,8-9,12-13H2,1H3,(H,22,26). The van der Waals surface area contributed by atoms with Crippen molar-refractivity contribution in [2.45, 2.75) is 51.5 Å². The highest BCUT2D eigenvalue weighted by atomic mass is 16.5. The first kappa shape index (κ1) is 19.1. The lowest BCUT2D eigenvalue weighted by Crippen LogP contribution is -2.43. The molecule has 0 bridgehead atoms. The minimum atomic E-state index is -0.534. The number of esters is 1. The smallest absolute Gasteiger partial charge is 0.312 e. The van der Waals surface area contributed by atoms with Crippen molar-refractivity contribution in [2.75, 3.05) is 13.2 Å².